The van der Waals surface area contributed by atoms with E-state index in [-0.39, 0.29) is 11.5 Å². The van der Waals surface area contributed by atoms with Gasteiger partial charge in [0.25, 0.3) is 11.5 Å². The normalized spacial score (nSPS) is 20.8. The van der Waals surface area contributed by atoms with Crippen molar-refractivity contribution in [1.82, 2.24) is 14.5 Å². The molecule has 134 valence electrons. The number of rotatable bonds is 3. The topological polar surface area (TPSA) is 58.1 Å². The standard InChI is InChI=1S/C19H25N3O2S/c1-4-7-22-18(24)15-6-5-14(9-16(15)20-19(22)25)17(23)21-10-12(2)8-13(3)11-21/h5-6,9,12-13H,4,7-8,10-11H2,1-3H3,(H,20,25)/t12-,13+. The van der Waals surface area contributed by atoms with Gasteiger partial charge in [0.2, 0.25) is 0 Å². The summed E-state index contributed by atoms with van der Waals surface area (Å²) in [5.74, 6) is 1.05. The Hall–Kier alpha value is -1.95. The molecule has 0 radical (unpaired) electrons. The van der Waals surface area contributed by atoms with Crippen molar-refractivity contribution >= 4 is 29.0 Å². The molecular formula is C19H25N3O2S. The number of carbonyl (C=O) groups is 1. The van der Waals surface area contributed by atoms with E-state index in [1.807, 2.05) is 11.8 Å². The molecule has 1 saturated heterocycles. The van der Waals surface area contributed by atoms with Crippen LogP contribution in [0.4, 0.5) is 0 Å². The Kier molecular flexibility index (Phi) is 5.08. The molecule has 1 N–H and O–H groups in total. The van der Waals surface area contributed by atoms with Crippen LogP contribution in [0.1, 0.15) is 44.0 Å². The number of H-pyrrole nitrogens is 1. The van der Waals surface area contributed by atoms with E-state index in [4.69, 9.17) is 12.2 Å². The number of aromatic amines is 1. The molecule has 2 atom stereocenters. The second-order valence-electron chi connectivity index (χ2n) is 7.30. The third kappa shape index (κ3) is 3.54. The first-order valence-electron chi connectivity index (χ1n) is 8.96. The lowest BCUT2D eigenvalue weighted by atomic mass is 9.91. The lowest BCUT2D eigenvalue weighted by molar-refractivity contribution is 0.0623. The van der Waals surface area contributed by atoms with Crippen LogP contribution in [-0.4, -0.2) is 33.4 Å². The number of carbonyl (C=O) groups excluding carboxylic acids is 1. The van der Waals surface area contributed by atoms with Crippen molar-refractivity contribution in [2.75, 3.05) is 13.1 Å². The molecule has 5 nitrogen and oxygen atoms in total. The first-order chi connectivity index (χ1) is 11.9. The van der Waals surface area contributed by atoms with Crippen LogP contribution in [0.5, 0.6) is 0 Å². The molecule has 1 aromatic heterocycles. The van der Waals surface area contributed by atoms with Crippen LogP contribution in [-0.2, 0) is 6.54 Å². The Morgan fingerprint density at radius 1 is 1.28 bits per heavy atom. The van der Waals surface area contributed by atoms with E-state index in [1.165, 1.54) is 0 Å². The third-order valence-corrected chi connectivity index (χ3v) is 5.15. The van der Waals surface area contributed by atoms with E-state index in [2.05, 4.69) is 18.8 Å². The second-order valence-corrected chi connectivity index (χ2v) is 7.69. The zero-order chi connectivity index (χ0) is 18.1. The van der Waals surface area contributed by atoms with Gasteiger partial charge >= 0.3 is 0 Å². The molecule has 1 amide bonds. The molecule has 0 bridgehead atoms. The molecule has 1 aromatic carbocycles. The smallest absolute Gasteiger partial charge is 0.262 e. The number of aromatic nitrogens is 2. The van der Waals surface area contributed by atoms with E-state index in [0.717, 1.165) is 25.9 Å². The molecule has 25 heavy (non-hydrogen) atoms. The van der Waals surface area contributed by atoms with Gasteiger partial charge in [0, 0.05) is 25.2 Å². The Balaban J connectivity index is 1.99. The maximum Gasteiger partial charge on any atom is 0.262 e. The molecule has 6 heteroatoms. The van der Waals surface area contributed by atoms with Crippen LogP contribution >= 0.6 is 12.2 Å². The summed E-state index contributed by atoms with van der Waals surface area (Å²) in [7, 11) is 0. The van der Waals surface area contributed by atoms with E-state index in [0.29, 0.717) is 39.6 Å². The summed E-state index contributed by atoms with van der Waals surface area (Å²) in [6.45, 7) is 8.54. The number of benzene rings is 1. The van der Waals surface area contributed by atoms with Gasteiger partial charge in [-0.3, -0.25) is 14.2 Å². The Labute approximate surface area is 152 Å². The molecule has 0 spiro atoms. The number of amides is 1. The van der Waals surface area contributed by atoms with Crippen molar-refractivity contribution in [3.8, 4) is 0 Å². The van der Waals surface area contributed by atoms with E-state index >= 15 is 0 Å². The van der Waals surface area contributed by atoms with Crippen molar-refractivity contribution in [2.45, 2.75) is 40.2 Å². The fourth-order valence-corrected chi connectivity index (χ4v) is 4.11. The largest absolute Gasteiger partial charge is 0.338 e. The van der Waals surface area contributed by atoms with Gasteiger partial charge in [-0.1, -0.05) is 20.8 Å². The van der Waals surface area contributed by atoms with Gasteiger partial charge in [-0.05, 0) is 55.1 Å². The highest BCUT2D eigenvalue weighted by Gasteiger charge is 2.26. The van der Waals surface area contributed by atoms with Crippen LogP contribution in [0.25, 0.3) is 10.9 Å². The van der Waals surface area contributed by atoms with Gasteiger partial charge in [-0.25, -0.2) is 0 Å². The average Bonchev–Trinajstić information content (AvgIpc) is 2.56. The number of nitrogens with one attached hydrogen (secondary N) is 1. The zero-order valence-electron chi connectivity index (χ0n) is 15.0. The Bertz CT molecular complexity index is 905. The van der Waals surface area contributed by atoms with Gasteiger partial charge in [0.15, 0.2) is 4.77 Å². The molecule has 2 aromatic rings. The fraction of sp³-hybridized carbons (Fsp3) is 0.526. The minimum atomic E-state index is -0.0974. The molecule has 3 rings (SSSR count). The zero-order valence-corrected chi connectivity index (χ0v) is 15.9. The molecule has 1 aliphatic heterocycles. The number of piperidine rings is 1. The predicted octanol–water partition coefficient (Wildman–Crippen LogP) is 3.59. The quantitative estimate of drug-likeness (QED) is 0.852. The maximum atomic E-state index is 12.9. The summed E-state index contributed by atoms with van der Waals surface area (Å²) in [5, 5.41) is 0.569. The van der Waals surface area contributed by atoms with Crippen molar-refractivity contribution < 1.29 is 4.79 Å². The van der Waals surface area contributed by atoms with Crippen molar-refractivity contribution in [2.24, 2.45) is 11.8 Å². The van der Waals surface area contributed by atoms with Crippen molar-refractivity contribution in [3.63, 3.8) is 0 Å². The fourth-order valence-electron chi connectivity index (χ4n) is 3.83. The molecule has 1 aliphatic rings. The highest BCUT2D eigenvalue weighted by molar-refractivity contribution is 7.71. The van der Waals surface area contributed by atoms with E-state index in [9.17, 15) is 9.59 Å². The monoisotopic (exact) mass is 359 g/mol. The van der Waals surface area contributed by atoms with E-state index < -0.39 is 0 Å². The molecule has 0 unspecified atom stereocenters. The SMILES string of the molecule is CCCn1c(=S)[nH]c2cc(C(=O)N3C[C@H](C)C[C@H](C)C3)ccc2c1=O. The van der Waals surface area contributed by atoms with E-state index in [1.54, 1.807) is 22.8 Å². The third-order valence-electron chi connectivity index (χ3n) is 4.83. The van der Waals surface area contributed by atoms with Crippen LogP contribution in [0.2, 0.25) is 0 Å². The van der Waals surface area contributed by atoms with Crippen LogP contribution < -0.4 is 5.56 Å². The molecule has 0 saturated carbocycles. The summed E-state index contributed by atoms with van der Waals surface area (Å²) in [6, 6.07) is 5.25. The lowest BCUT2D eigenvalue weighted by Crippen LogP contribution is -2.42. The summed E-state index contributed by atoms with van der Waals surface area (Å²) in [5.41, 5.74) is 1.14. The second kappa shape index (κ2) is 7.12. The molecule has 2 heterocycles. The lowest BCUT2D eigenvalue weighted by Gasteiger charge is -2.35. The summed E-state index contributed by atoms with van der Waals surface area (Å²) in [4.78, 5) is 30.5. The van der Waals surface area contributed by atoms with Crippen molar-refractivity contribution in [1.29, 1.82) is 0 Å². The number of hydrogen-bond donors (Lipinski definition) is 1. The highest BCUT2D eigenvalue weighted by Crippen LogP contribution is 2.23. The van der Waals surface area contributed by atoms with Gasteiger partial charge in [-0.2, -0.15) is 0 Å². The Morgan fingerprint density at radius 3 is 2.60 bits per heavy atom. The molecule has 1 fully saturated rings. The minimum Gasteiger partial charge on any atom is -0.338 e. The first-order valence-corrected chi connectivity index (χ1v) is 9.37. The van der Waals surface area contributed by atoms with Crippen LogP contribution in [0.15, 0.2) is 23.0 Å². The average molecular weight is 359 g/mol. The van der Waals surface area contributed by atoms with Gasteiger partial charge in [-0.15, -0.1) is 0 Å². The number of likely N-dealkylation sites (tertiary alicyclic amines) is 1. The minimum absolute atomic E-state index is 0.0253. The van der Waals surface area contributed by atoms with Crippen LogP contribution in [0.3, 0.4) is 0 Å². The summed E-state index contributed by atoms with van der Waals surface area (Å²) in [6.07, 6.45) is 2.00. The molecular weight excluding hydrogens is 334 g/mol. The number of fused-ring (bicyclic) bond motifs is 1. The van der Waals surface area contributed by atoms with Gasteiger partial charge in [0.05, 0.1) is 10.9 Å². The highest BCUT2D eigenvalue weighted by atomic mass is 32.1. The summed E-state index contributed by atoms with van der Waals surface area (Å²) < 4.78 is 1.98. The number of hydrogen-bond acceptors (Lipinski definition) is 3. The molecule has 0 aliphatic carbocycles. The van der Waals surface area contributed by atoms with Gasteiger partial charge < -0.3 is 9.88 Å². The van der Waals surface area contributed by atoms with Gasteiger partial charge in [0.1, 0.15) is 0 Å². The predicted molar refractivity (Wildman–Crippen MR) is 103 cm³/mol. The summed E-state index contributed by atoms with van der Waals surface area (Å²) >= 11 is 5.31. The Morgan fingerprint density at radius 2 is 1.96 bits per heavy atom. The number of nitrogens with zero attached hydrogens (tertiary/aromatic N) is 2. The van der Waals surface area contributed by atoms with Crippen LogP contribution in [0, 0.1) is 16.6 Å². The first kappa shape index (κ1) is 17.9. The van der Waals surface area contributed by atoms with Crippen molar-refractivity contribution in [3.05, 3.63) is 38.9 Å². The maximum absolute atomic E-state index is 12.9.